The first-order chi connectivity index (χ1) is 6.98. The number of nitrogens with one attached hydrogen (secondary N) is 1. The number of thiazole rings is 1. The summed E-state index contributed by atoms with van der Waals surface area (Å²) in [6.07, 6.45) is 1.48. The first-order valence-corrected chi connectivity index (χ1v) is 5.42. The van der Waals surface area contributed by atoms with Crippen LogP contribution in [0.1, 0.15) is 26.5 Å². The molecule has 6 heteroatoms. The summed E-state index contributed by atoms with van der Waals surface area (Å²) in [6.45, 7) is 6.30. The predicted octanol–water partition coefficient (Wildman–Crippen LogP) is 1.81. The summed E-state index contributed by atoms with van der Waals surface area (Å²) in [4.78, 5) is 9.44. The molecule has 0 bridgehead atoms. The molecule has 80 valence electrons. The number of hydrogen-bond donors (Lipinski definition) is 2. The number of nitrogens with two attached hydrogens (primary N) is 1. The normalized spacial score (nSPS) is 11.9. The first-order valence-electron chi connectivity index (χ1n) is 4.61. The molecule has 0 aromatic carbocycles. The summed E-state index contributed by atoms with van der Waals surface area (Å²) in [5, 5.41) is 7.23. The number of aromatic amines is 1. The molecule has 2 aromatic rings. The van der Waals surface area contributed by atoms with Crippen LogP contribution in [-0.4, -0.2) is 20.2 Å². The third kappa shape index (κ3) is 1.85. The van der Waals surface area contributed by atoms with E-state index in [1.165, 1.54) is 17.7 Å². The maximum atomic E-state index is 5.73. The average Bonchev–Trinajstić information content (AvgIpc) is 2.68. The number of nitrogen functional groups attached to an aromatic ring is 1. The Morgan fingerprint density at radius 2 is 2.13 bits per heavy atom. The van der Waals surface area contributed by atoms with Crippen LogP contribution >= 0.6 is 11.3 Å². The Bertz CT molecular complexity index is 451. The lowest BCUT2D eigenvalue weighted by Crippen LogP contribution is -2.13. The Kier molecular flexibility index (Phi) is 2.22. The highest BCUT2D eigenvalue weighted by molar-refractivity contribution is 7.18. The van der Waals surface area contributed by atoms with Crippen molar-refractivity contribution in [1.82, 2.24) is 20.2 Å². The zero-order valence-electron chi connectivity index (χ0n) is 8.90. The standard InChI is InChI=1S/C9H13N5S/c1-9(2,3)6-5(15-8(10)13-6)7-11-4-12-14-7/h4H,1-3H3,(H2,10,13)(H,11,12,14). The fourth-order valence-corrected chi connectivity index (χ4v) is 2.31. The summed E-state index contributed by atoms with van der Waals surface area (Å²) in [5.74, 6) is 0.731. The quantitative estimate of drug-likeness (QED) is 0.772. The van der Waals surface area contributed by atoms with E-state index >= 15 is 0 Å². The van der Waals surface area contributed by atoms with Gasteiger partial charge in [-0.1, -0.05) is 32.1 Å². The van der Waals surface area contributed by atoms with Crippen molar-refractivity contribution < 1.29 is 0 Å². The maximum Gasteiger partial charge on any atom is 0.180 e. The van der Waals surface area contributed by atoms with Gasteiger partial charge in [0.2, 0.25) is 0 Å². The Balaban J connectivity index is 2.57. The highest BCUT2D eigenvalue weighted by Crippen LogP contribution is 2.36. The molecular formula is C9H13N5S. The highest BCUT2D eigenvalue weighted by Gasteiger charge is 2.24. The first kappa shape index (κ1) is 10.1. The Morgan fingerprint density at radius 3 is 2.67 bits per heavy atom. The van der Waals surface area contributed by atoms with E-state index in [2.05, 4.69) is 40.9 Å². The van der Waals surface area contributed by atoms with Gasteiger partial charge in [0, 0.05) is 5.41 Å². The lowest BCUT2D eigenvalue weighted by Gasteiger charge is -2.16. The van der Waals surface area contributed by atoms with Gasteiger partial charge in [-0.25, -0.2) is 9.97 Å². The van der Waals surface area contributed by atoms with Gasteiger partial charge in [-0.05, 0) is 0 Å². The van der Waals surface area contributed by atoms with Gasteiger partial charge < -0.3 is 5.73 Å². The van der Waals surface area contributed by atoms with Crippen LogP contribution in [0, 0.1) is 0 Å². The van der Waals surface area contributed by atoms with Crippen molar-refractivity contribution in [3.8, 4) is 10.7 Å². The van der Waals surface area contributed by atoms with E-state index in [9.17, 15) is 0 Å². The third-order valence-electron chi connectivity index (χ3n) is 1.98. The molecular weight excluding hydrogens is 210 g/mol. The lowest BCUT2D eigenvalue weighted by atomic mass is 9.91. The van der Waals surface area contributed by atoms with E-state index in [0.717, 1.165) is 16.4 Å². The van der Waals surface area contributed by atoms with Crippen molar-refractivity contribution in [3.05, 3.63) is 12.0 Å². The van der Waals surface area contributed by atoms with Crippen molar-refractivity contribution in [3.63, 3.8) is 0 Å². The smallest absolute Gasteiger partial charge is 0.180 e. The summed E-state index contributed by atoms with van der Waals surface area (Å²) in [7, 11) is 0. The fraction of sp³-hybridized carbons (Fsp3) is 0.444. The van der Waals surface area contributed by atoms with E-state index in [1.807, 2.05) is 0 Å². The number of hydrogen-bond acceptors (Lipinski definition) is 5. The largest absolute Gasteiger partial charge is 0.375 e. The van der Waals surface area contributed by atoms with Crippen LogP contribution in [0.2, 0.25) is 0 Å². The molecule has 2 heterocycles. The molecule has 15 heavy (non-hydrogen) atoms. The van der Waals surface area contributed by atoms with Gasteiger partial charge >= 0.3 is 0 Å². The van der Waals surface area contributed by atoms with Crippen molar-refractivity contribution in [2.75, 3.05) is 5.73 Å². The zero-order valence-corrected chi connectivity index (χ0v) is 9.72. The summed E-state index contributed by atoms with van der Waals surface area (Å²) >= 11 is 1.43. The van der Waals surface area contributed by atoms with Crippen LogP contribution in [0.25, 0.3) is 10.7 Å². The van der Waals surface area contributed by atoms with Crippen molar-refractivity contribution >= 4 is 16.5 Å². The summed E-state index contributed by atoms with van der Waals surface area (Å²) in [6, 6.07) is 0. The molecule has 3 N–H and O–H groups in total. The molecule has 0 radical (unpaired) electrons. The third-order valence-corrected chi connectivity index (χ3v) is 2.88. The molecule has 0 aliphatic rings. The van der Waals surface area contributed by atoms with Crippen LogP contribution in [0.3, 0.4) is 0 Å². The Morgan fingerprint density at radius 1 is 1.40 bits per heavy atom. The molecule has 0 atom stereocenters. The molecule has 0 saturated carbocycles. The predicted molar refractivity (Wildman–Crippen MR) is 60.6 cm³/mol. The van der Waals surface area contributed by atoms with Crippen LogP contribution in [-0.2, 0) is 5.41 Å². The fourth-order valence-electron chi connectivity index (χ4n) is 1.32. The van der Waals surface area contributed by atoms with Gasteiger partial charge in [-0.3, -0.25) is 5.10 Å². The molecule has 0 amide bonds. The minimum atomic E-state index is -0.0454. The second kappa shape index (κ2) is 3.30. The Hall–Kier alpha value is -1.43. The number of nitrogens with zero attached hydrogens (tertiary/aromatic N) is 3. The zero-order chi connectivity index (χ0) is 11.1. The van der Waals surface area contributed by atoms with E-state index in [0.29, 0.717) is 5.13 Å². The van der Waals surface area contributed by atoms with Crippen LogP contribution in [0.4, 0.5) is 5.13 Å². The number of H-pyrrole nitrogens is 1. The lowest BCUT2D eigenvalue weighted by molar-refractivity contribution is 0.575. The molecule has 0 saturated heterocycles. The van der Waals surface area contributed by atoms with Gasteiger partial charge in [-0.15, -0.1) is 0 Å². The van der Waals surface area contributed by atoms with Crippen LogP contribution in [0.15, 0.2) is 6.33 Å². The maximum absolute atomic E-state index is 5.73. The SMILES string of the molecule is CC(C)(C)c1nc(N)sc1-c1ncn[nH]1. The van der Waals surface area contributed by atoms with Crippen molar-refractivity contribution in [2.24, 2.45) is 0 Å². The molecule has 0 aliphatic carbocycles. The molecule has 0 aliphatic heterocycles. The van der Waals surface area contributed by atoms with Gasteiger partial charge in [0.05, 0.1) is 10.6 Å². The van der Waals surface area contributed by atoms with E-state index in [-0.39, 0.29) is 5.41 Å². The number of anilines is 1. The van der Waals surface area contributed by atoms with Gasteiger partial charge in [0.1, 0.15) is 6.33 Å². The Labute approximate surface area is 91.8 Å². The van der Waals surface area contributed by atoms with Crippen molar-refractivity contribution in [1.29, 1.82) is 0 Å². The minimum Gasteiger partial charge on any atom is -0.375 e. The van der Waals surface area contributed by atoms with Gasteiger partial charge in [-0.2, -0.15) is 5.10 Å². The molecule has 0 unspecified atom stereocenters. The van der Waals surface area contributed by atoms with E-state index in [4.69, 9.17) is 5.73 Å². The minimum absolute atomic E-state index is 0.0454. The molecule has 0 spiro atoms. The van der Waals surface area contributed by atoms with E-state index in [1.54, 1.807) is 0 Å². The van der Waals surface area contributed by atoms with Crippen molar-refractivity contribution in [2.45, 2.75) is 26.2 Å². The molecule has 5 nitrogen and oxygen atoms in total. The second-order valence-corrected chi connectivity index (χ2v) is 5.34. The summed E-state index contributed by atoms with van der Waals surface area (Å²) in [5.41, 5.74) is 6.64. The number of aromatic nitrogens is 4. The van der Waals surface area contributed by atoms with Gasteiger partial charge in [0.15, 0.2) is 11.0 Å². The monoisotopic (exact) mass is 223 g/mol. The summed E-state index contributed by atoms with van der Waals surface area (Å²) < 4.78 is 0. The van der Waals surface area contributed by atoms with Gasteiger partial charge in [0.25, 0.3) is 0 Å². The molecule has 2 aromatic heterocycles. The number of rotatable bonds is 1. The molecule has 2 rings (SSSR count). The van der Waals surface area contributed by atoms with Crippen LogP contribution in [0.5, 0.6) is 0 Å². The second-order valence-electron chi connectivity index (χ2n) is 4.31. The van der Waals surface area contributed by atoms with Crippen LogP contribution < -0.4 is 5.73 Å². The average molecular weight is 223 g/mol. The molecule has 0 fully saturated rings. The topological polar surface area (TPSA) is 80.5 Å². The highest BCUT2D eigenvalue weighted by atomic mass is 32.1. The van der Waals surface area contributed by atoms with E-state index < -0.39 is 0 Å².